The van der Waals surface area contributed by atoms with Crippen LogP contribution in [0.25, 0.3) is 17.3 Å². The molecule has 3 aromatic rings. The molecule has 0 atom stereocenters. The molecule has 0 aliphatic rings. The molecule has 3 rings (SSSR count). The molecule has 0 bridgehead atoms. The molecule has 0 radical (unpaired) electrons. The fourth-order valence-corrected chi connectivity index (χ4v) is 2.33. The molecular formula is C20H16ClN3. The predicted molar refractivity (Wildman–Crippen MR) is 102 cm³/mol. The number of hydrogen-bond acceptors (Lipinski definition) is 2. The Hall–Kier alpha value is -2.91. The first-order valence-corrected chi connectivity index (χ1v) is 7.89. The fourth-order valence-electron chi connectivity index (χ4n) is 2.21. The second kappa shape index (κ2) is 7.57. The molecule has 3 nitrogen and oxygen atoms in total. The van der Waals surface area contributed by atoms with Crippen LogP contribution in [0.3, 0.4) is 0 Å². The number of nitrogens with zero attached hydrogens (tertiary/aromatic N) is 1. The molecule has 2 N–H and O–H groups in total. The normalized spacial score (nSPS) is 10.7. The molecule has 0 saturated carbocycles. The summed E-state index contributed by atoms with van der Waals surface area (Å²) in [5.74, 6) is 0.311. The number of anilines is 1. The smallest absolute Gasteiger partial charge is 0.122 e. The van der Waals surface area contributed by atoms with Crippen molar-refractivity contribution >= 4 is 29.2 Å². The molecule has 1 heterocycles. The topological polar surface area (TPSA) is 48.8 Å². The van der Waals surface area contributed by atoms with Gasteiger partial charge in [0.2, 0.25) is 0 Å². The summed E-state index contributed by atoms with van der Waals surface area (Å²) in [5.41, 5.74) is 3.88. The van der Waals surface area contributed by atoms with Crippen LogP contribution in [0, 0.1) is 5.41 Å². The van der Waals surface area contributed by atoms with Crippen molar-refractivity contribution in [3.8, 4) is 11.3 Å². The molecule has 0 saturated heterocycles. The molecular weight excluding hydrogens is 318 g/mol. The van der Waals surface area contributed by atoms with Crippen LogP contribution in [0.1, 0.15) is 5.56 Å². The molecule has 0 spiro atoms. The standard InChI is InChI=1S/C20H16ClN3/c21-17-9-11-18(12-10-17)24-20(22)13-6-15-4-7-16(8-5-15)19-3-1-2-14-23-19/h1-14H,(H2,22,24)/b13-6+. The highest BCUT2D eigenvalue weighted by atomic mass is 35.5. The first-order valence-electron chi connectivity index (χ1n) is 7.51. The average molecular weight is 334 g/mol. The van der Waals surface area contributed by atoms with Gasteiger partial charge in [0.05, 0.1) is 5.69 Å². The van der Waals surface area contributed by atoms with Crippen LogP contribution in [0.15, 0.2) is 79.0 Å². The fraction of sp³-hybridized carbons (Fsp3) is 0. The maximum Gasteiger partial charge on any atom is 0.122 e. The van der Waals surface area contributed by atoms with Crippen molar-refractivity contribution in [2.45, 2.75) is 0 Å². The van der Waals surface area contributed by atoms with Crippen molar-refractivity contribution in [2.75, 3.05) is 5.32 Å². The Bertz CT molecular complexity index is 838. The van der Waals surface area contributed by atoms with E-state index in [0.29, 0.717) is 10.9 Å². The van der Waals surface area contributed by atoms with E-state index >= 15 is 0 Å². The summed E-state index contributed by atoms with van der Waals surface area (Å²) in [5, 5.41) is 11.6. The van der Waals surface area contributed by atoms with Crippen LogP contribution in [0.4, 0.5) is 5.69 Å². The molecule has 0 aliphatic carbocycles. The lowest BCUT2D eigenvalue weighted by molar-refractivity contribution is 1.33. The number of benzene rings is 2. The molecule has 0 amide bonds. The van der Waals surface area contributed by atoms with Gasteiger partial charge in [0, 0.05) is 22.5 Å². The van der Waals surface area contributed by atoms with E-state index in [1.54, 1.807) is 24.4 Å². The molecule has 4 heteroatoms. The van der Waals surface area contributed by atoms with Crippen molar-refractivity contribution in [1.29, 1.82) is 5.41 Å². The number of rotatable bonds is 4. The largest absolute Gasteiger partial charge is 0.341 e. The third kappa shape index (κ3) is 4.31. The maximum absolute atomic E-state index is 7.96. The number of halogens is 1. The van der Waals surface area contributed by atoms with Gasteiger partial charge >= 0.3 is 0 Å². The van der Waals surface area contributed by atoms with E-state index in [2.05, 4.69) is 10.3 Å². The van der Waals surface area contributed by atoms with Gasteiger partial charge in [-0.1, -0.05) is 48.0 Å². The van der Waals surface area contributed by atoms with Crippen molar-refractivity contribution in [3.63, 3.8) is 0 Å². The first-order chi connectivity index (χ1) is 11.7. The average Bonchev–Trinajstić information content (AvgIpc) is 2.63. The second-order valence-corrected chi connectivity index (χ2v) is 5.65. The van der Waals surface area contributed by atoms with E-state index in [1.807, 2.05) is 60.7 Å². The molecule has 0 unspecified atom stereocenters. The van der Waals surface area contributed by atoms with Crippen molar-refractivity contribution in [1.82, 2.24) is 4.98 Å². The van der Waals surface area contributed by atoms with E-state index in [9.17, 15) is 0 Å². The summed E-state index contributed by atoms with van der Waals surface area (Å²) in [4.78, 5) is 4.33. The summed E-state index contributed by atoms with van der Waals surface area (Å²) in [6, 6.07) is 21.2. The maximum atomic E-state index is 7.96. The minimum atomic E-state index is 0.311. The summed E-state index contributed by atoms with van der Waals surface area (Å²) < 4.78 is 0. The summed E-state index contributed by atoms with van der Waals surface area (Å²) in [7, 11) is 0. The SMILES string of the molecule is N=C(/C=C/c1ccc(-c2ccccn2)cc1)Nc1ccc(Cl)cc1. The van der Waals surface area contributed by atoms with Crippen LogP contribution < -0.4 is 5.32 Å². The molecule has 118 valence electrons. The highest BCUT2D eigenvalue weighted by Crippen LogP contribution is 2.17. The van der Waals surface area contributed by atoms with Crippen LogP contribution >= 0.6 is 11.6 Å². The van der Waals surface area contributed by atoms with Crippen molar-refractivity contribution < 1.29 is 0 Å². The molecule has 24 heavy (non-hydrogen) atoms. The summed E-state index contributed by atoms with van der Waals surface area (Å²) in [6.45, 7) is 0. The van der Waals surface area contributed by atoms with Gasteiger partial charge in [0.25, 0.3) is 0 Å². The minimum Gasteiger partial charge on any atom is -0.341 e. The van der Waals surface area contributed by atoms with Crippen molar-refractivity contribution in [3.05, 3.63) is 89.6 Å². The minimum absolute atomic E-state index is 0.311. The number of pyridine rings is 1. The number of hydrogen-bond donors (Lipinski definition) is 2. The van der Waals surface area contributed by atoms with Gasteiger partial charge in [0.15, 0.2) is 0 Å². The zero-order chi connectivity index (χ0) is 16.8. The highest BCUT2D eigenvalue weighted by molar-refractivity contribution is 6.30. The van der Waals surface area contributed by atoms with Gasteiger partial charge in [-0.3, -0.25) is 10.4 Å². The van der Waals surface area contributed by atoms with Gasteiger partial charge < -0.3 is 5.32 Å². The third-order valence-corrected chi connectivity index (χ3v) is 3.69. The Morgan fingerprint density at radius 1 is 0.958 bits per heavy atom. The Morgan fingerprint density at radius 3 is 2.38 bits per heavy atom. The lowest BCUT2D eigenvalue weighted by Crippen LogP contribution is -2.06. The van der Waals surface area contributed by atoms with E-state index < -0.39 is 0 Å². The Kier molecular flexibility index (Phi) is 5.04. The van der Waals surface area contributed by atoms with Gasteiger partial charge in [-0.15, -0.1) is 0 Å². The lowest BCUT2D eigenvalue weighted by atomic mass is 10.1. The number of aromatic nitrogens is 1. The monoisotopic (exact) mass is 333 g/mol. The molecule has 2 aromatic carbocycles. The van der Waals surface area contributed by atoms with E-state index in [0.717, 1.165) is 22.5 Å². The summed E-state index contributed by atoms with van der Waals surface area (Å²) in [6.07, 6.45) is 5.41. The summed E-state index contributed by atoms with van der Waals surface area (Å²) >= 11 is 5.85. The van der Waals surface area contributed by atoms with Crippen LogP contribution in [0.5, 0.6) is 0 Å². The van der Waals surface area contributed by atoms with Crippen molar-refractivity contribution in [2.24, 2.45) is 0 Å². The number of amidine groups is 1. The van der Waals surface area contributed by atoms with Gasteiger partial charge in [-0.2, -0.15) is 0 Å². The first kappa shape index (κ1) is 16.0. The Morgan fingerprint density at radius 2 is 1.71 bits per heavy atom. The molecule has 0 fully saturated rings. The lowest BCUT2D eigenvalue weighted by Gasteiger charge is -2.04. The predicted octanol–water partition coefficient (Wildman–Crippen LogP) is 5.50. The molecule has 1 aromatic heterocycles. The van der Waals surface area contributed by atoms with Crippen LogP contribution in [-0.2, 0) is 0 Å². The third-order valence-electron chi connectivity index (χ3n) is 3.44. The zero-order valence-electron chi connectivity index (χ0n) is 12.9. The van der Waals surface area contributed by atoms with Crippen LogP contribution in [0.2, 0.25) is 5.02 Å². The van der Waals surface area contributed by atoms with Gasteiger partial charge in [-0.25, -0.2) is 0 Å². The quantitative estimate of drug-likeness (QED) is 0.489. The molecule has 0 aliphatic heterocycles. The van der Waals surface area contributed by atoms with Gasteiger partial charge in [-0.05, 0) is 48.0 Å². The van der Waals surface area contributed by atoms with E-state index in [4.69, 9.17) is 17.0 Å². The Balaban J connectivity index is 1.64. The Labute approximate surface area is 146 Å². The second-order valence-electron chi connectivity index (χ2n) is 5.22. The zero-order valence-corrected chi connectivity index (χ0v) is 13.7. The van der Waals surface area contributed by atoms with E-state index in [1.165, 1.54) is 0 Å². The van der Waals surface area contributed by atoms with E-state index in [-0.39, 0.29) is 0 Å². The highest BCUT2D eigenvalue weighted by Gasteiger charge is 1.98. The van der Waals surface area contributed by atoms with Gasteiger partial charge in [0.1, 0.15) is 5.84 Å². The van der Waals surface area contributed by atoms with Crippen LogP contribution in [-0.4, -0.2) is 10.8 Å². The number of nitrogens with one attached hydrogen (secondary N) is 2.